The van der Waals surface area contributed by atoms with Crippen LogP contribution in [0.1, 0.15) is 54.1 Å². The van der Waals surface area contributed by atoms with E-state index in [1.807, 2.05) is 51.1 Å². The SMILES string of the molecule is Cc1cc(N2C(=S)N[C@H](c3ccccn3)[C@H]2c2cc(C)n(-c3ccc(F)cc3)c2C)ccc1NC(=O)C(C)C. The molecule has 0 unspecified atom stereocenters. The standard InChI is InChI=1S/C31H32FN5OS/c1-18(2)30(38)34-26-14-13-24(16-19(26)3)37-29(28(35-31(37)39)27-8-6-7-15-33-27)25-17-20(4)36(21(25)5)23-11-9-22(32)10-12-23/h6-18,28-29H,1-5H3,(H,34,38)(H,35,39)/t28-,29-/m1/s1. The van der Waals surface area contributed by atoms with E-state index >= 15 is 0 Å². The number of aromatic nitrogens is 2. The van der Waals surface area contributed by atoms with Gasteiger partial charge in [-0.1, -0.05) is 19.9 Å². The Hall–Kier alpha value is -4.04. The number of carbonyl (C=O) groups is 1. The summed E-state index contributed by atoms with van der Waals surface area (Å²) in [7, 11) is 0. The molecular weight excluding hydrogens is 509 g/mol. The first-order valence-corrected chi connectivity index (χ1v) is 13.4. The fraction of sp³-hybridized carbons (Fsp3) is 0.258. The van der Waals surface area contributed by atoms with Crippen molar-refractivity contribution >= 4 is 34.6 Å². The van der Waals surface area contributed by atoms with Crippen molar-refractivity contribution in [2.45, 2.75) is 46.7 Å². The van der Waals surface area contributed by atoms with Crippen LogP contribution < -0.4 is 15.5 Å². The maximum absolute atomic E-state index is 13.7. The largest absolute Gasteiger partial charge is 0.351 e. The highest BCUT2D eigenvalue weighted by molar-refractivity contribution is 7.80. The summed E-state index contributed by atoms with van der Waals surface area (Å²) in [5, 5.41) is 7.13. The van der Waals surface area contributed by atoms with Crippen LogP contribution in [-0.4, -0.2) is 20.6 Å². The molecule has 4 aromatic rings. The van der Waals surface area contributed by atoms with Crippen LogP contribution in [-0.2, 0) is 4.79 Å². The highest BCUT2D eigenvalue weighted by Gasteiger charge is 2.42. The average Bonchev–Trinajstić information content (AvgIpc) is 3.41. The molecule has 39 heavy (non-hydrogen) atoms. The fourth-order valence-corrected chi connectivity index (χ4v) is 5.58. The highest BCUT2D eigenvalue weighted by Crippen LogP contribution is 2.44. The summed E-state index contributed by atoms with van der Waals surface area (Å²) >= 11 is 5.92. The van der Waals surface area contributed by atoms with E-state index in [0.29, 0.717) is 5.11 Å². The Bertz CT molecular complexity index is 1530. The van der Waals surface area contributed by atoms with Crippen molar-refractivity contribution in [3.8, 4) is 5.69 Å². The number of rotatable bonds is 6. The van der Waals surface area contributed by atoms with Gasteiger partial charge in [0.15, 0.2) is 5.11 Å². The molecule has 0 bridgehead atoms. The number of thiocarbonyl (C=S) groups is 1. The normalized spacial score (nSPS) is 17.0. The van der Waals surface area contributed by atoms with Crippen molar-refractivity contribution in [2.24, 2.45) is 5.92 Å². The predicted octanol–water partition coefficient (Wildman–Crippen LogP) is 6.71. The van der Waals surface area contributed by atoms with Crippen LogP contribution in [0.2, 0.25) is 0 Å². The maximum atomic E-state index is 13.7. The van der Waals surface area contributed by atoms with Crippen molar-refractivity contribution in [1.29, 1.82) is 0 Å². The van der Waals surface area contributed by atoms with Gasteiger partial charge in [-0.2, -0.15) is 0 Å². The molecule has 3 heterocycles. The lowest BCUT2D eigenvalue weighted by Gasteiger charge is -2.29. The number of amides is 1. The van der Waals surface area contributed by atoms with E-state index in [4.69, 9.17) is 12.2 Å². The number of benzene rings is 2. The van der Waals surface area contributed by atoms with Gasteiger partial charge in [0.25, 0.3) is 0 Å². The summed E-state index contributed by atoms with van der Waals surface area (Å²) in [6.07, 6.45) is 1.79. The molecule has 0 saturated carbocycles. The Balaban J connectivity index is 1.61. The number of hydrogen-bond donors (Lipinski definition) is 2. The quantitative estimate of drug-likeness (QED) is 0.266. The maximum Gasteiger partial charge on any atom is 0.226 e. The Morgan fingerprint density at radius 3 is 2.38 bits per heavy atom. The second-order valence-electron chi connectivity index (χ2n) is 10.3. The van der Waals surface area contributed by atoms with Gasteiger partial charge in [-0.15, -0.1) is 0 Å². The number of halogens is 1. The molecule has 1 aliphatic rings. The van der Waals surface area contributed by atoms with E-state index in [1.54, 1.807) is 18.3 Å². The van der Waals surface area contributed by atoms with Gasteiger partial charge in [-0.25, -0.2) is 4.39 Å². The van der Waals surface area contributed by atoms with E-state index in [2.05, 4.69) is 51.1 Å². The van der Waals surface area contributed by atoms with Gasteiger partial charge >= 0.3 is 0 Å². The van der Waals surface area contributed by atoms with Gasteiger partial charge in [-0.3, -0.25) is 9.78 Å². The molecule has 2 N–H and O–H groups in total. The van der Waals surface area contributed by atoms with Crippen LogP contribution in [0.3, 0.4) is 0 Å². The molecule has 1 amide bonds. The van der Waals surface area contributed by atoms with Crippen molar-refractivity contribution in [1.82, 2.24) is 14.9 Å². The zero-order chi connectivity index (χ0) is 27.8. The topological polar surface area (TPSA) is 62.2 Å². The molecule has 0 spiro atoms. The summed E-state index contributed by atoms with van der Waals surface area (Å²) in [6.45, 7) is 9.86. The van der Waals surface area contributed by atoms with Gasteiger partial charge in [-0.05, 0) is 105 Å². The Morgan fingerprint density at radius 1 is 1.03 bits per heavy atom. The molecule has 5 rings (SSSR count). The number of carbonyl (C=O) groups excluding carboxylic acids is 1. The summed E-state index contributed by atoms with van der Waals surface area (Å²) < 4.78 is 15.8. The highest BCUT2D eigenvalue weighted by atomic mass is 32.1. The smallest absolute Gasteiger partial charge is 0.226 e. The molecule has 8 heteroatoms. The fourth-order valence-electron chi connectivity index (χ4n) is 5.24. The van der Waals surface area contributed by atoms with Gasteiger partial charge in [0.05, 0.1) is 17.8 Å². The second-order valence-corrected chi connectivity index (χ2v) is 10.7. The molecule has 1 fully saturated rings. The minimum absolute atomic E-state index is 0.0227. The van der Waals surface area contributed by atoms with Crippen molar-refractivity contribution in [3.05, 3.63) is 107 Å². The van der Waals surface area contributed by atoms with Gasteiger partial charge in [0, 0.05) is 40.6 Å². The third-order valence-electron chi connectivity index (χ3n) is 7.24. The molecule has 2 aromatic heterocycles. The number of nitrogens with zero attached hydrogens (tertiary/aromatic N) is 3. The molecule has 200 valence electrons. The minimum Gasteiger partial charge on any atom is -0.351 e. The van der Waals surface area contributed by atoms with E-state index in [1.165, 1.54) is 12.1 Å². The molecule has 1 saturated heterocycles. The number of pyridine rings is 1. The van der Waals surface area contributed by atoms with Crippen LogP contribution in [0.25, 0.3) is 5.69 Å². The lowest BCUT2D eigenvalue weighted by molar-refractivity contribution is -0.118. The first-order chi connectivity index (χ1) is 18.7. The summed E-state index contributed by atoms with van der Waals surface area (Å²) in [6, 6.07) is 20.2. The summed E-state index contributed by atoms with van der Waals surface area (Å²) in [4.78, 5) is 19.1. The van der Waals surface area contributed by atoms with E-state index in [-0.39, 0.29) is 29.7 Å². The average molecular weight is 542 g/mol. The lowest BCUT2D eigenvalue weighted by Crippen LogP contribution is -2.29. The van der Waals surface area contributed by atoms with Gasteiger partial charge in [0.2, 0.25) is 5.91 Å². The van der Waals surface area contributed by atoms with E-state index in [0.717, 1.165) is 45.3 Å². The van der Waals surface area contributed by atoms with E-state index < -0.39 is 0 Å². The van der Waals surface area contributed by atoms with Crippen LogP contribution in [0, 0.1) is 32.5 Å². The Kier molecular flexibility index (Phi) is 7.23. The molecular formula is C31H32FN5OS. The molecule has 0 radical (unpaired) electrons. The Morgan fingerprint density at radius 2 is 1.74 bits per heavy atom. The first kappa shape index (κ1) is 26.6. The number of hydrogen-bond acceptors (Lipinski definition) is 3. The second kappa shape index (κ2) is 10.6. The van der Waals surface area contributed by atoms with Crippen LogP contribution in [0.15, 0.2) is 72.9 Å². The lowest BCUT2D eigenvalue weighted by atomic mass is 9.96. The monoisotopic (exact) mass is 541 g/mol. The van der Waals surface area contributed by atoms with Crippen LogP contribution >= 0.6 is 12.2 Å². The zero-order valence-electron chi connectivity index (χ0n) is 22.7. The van der Waals surface area contributed by atoms with Crippen molar-refractivity contribution < 1.29 is 9.18 Å². The van der Waals surface area contributed by atoms with Gasteiger partial charge in [0.1, 0.15) is 5.82 Å². The summed E-state index contributed by atoms with van der Waals surface area (Å²) in [5.41, 5.74) is 7.60. The molecule has 0 aliphatic carbocycles. The molecule has 2 atom stereocenters. The Labute approximate surface area is 233 Å². The molecule has 2 aromatic carbocycles. The van der Waals surface area contributed by atoms with Crippen LogP contribution in [0.4, 0.5) is 15.8 Å². The number of anilines is 2. The first-order valence-electron chi connectivity index (χ1n) is 13.0. The number of nitrogens with one attached hydrogen (secondary N) is 2. The minimum atomic E-state index is -0.267. The van der Waals surface area contributed by atoms with Crippen molar-refractivity contribution in [3.63, 3.8) is 0 Å². The third-order valence-corrected chi connectivity index (χ3v) is 7.56. The van der Waals surface area contributed by atoms with E-state index in [9.17, 15) is 9.18 Å². The summed E-state index contributed by atoms with van der Waals surface area (Å²) in [5.74, 6) is -0.401. The zero-order valence-corrected chi connectivity index (χ0v) is 23.5. The van der Waals surface area contributed by atoms with Crippen LogP contribution in [0.5, 0.6) is 0 Å². The third kappa shape index (κ3) is 5.04. The molecule has 1 aliphatic heterocycles. The van der Waals surface area contributed by atoms with Crippen molar-refractivity contribution in [2.75, 3.05) is 10.2 Å². The number of aryl methyl sites for hydroxylation is 2. The van der Waals surface area contributed by atoms with Gasteiger partial charge < -0.3 is 20.1 Å². The molecule has 6 nitrogen and oxygen atoms in total. The predicted molar refractivity (Wildman–Crippen MR) is 158 cm³/mol.